The molecule has 0 amide bonds. The van der Waals surface area contributed by atoms with Gasteiger partial charge in [-0.2, -0.15) is 0 Å². The van der Waals surface area contributed by atoms with E-state index in [1.807, 2.05) is 0 Å². The summed E-state index contributed by atoms with van der Waals surface area (Å²) in [6.07, 6.45) is 0.126. The highest BCUT2D eigenvalue weighted by Gasteiger charge is 2.25. The van der Waals surface area contributed by atoms with Crippen molar-refractivity contribution in [3.05, 3.63) is 65.7 Å². The Balaban J connectivity index is 2.13. The van der Waals surface area contributed by atoms with Crippen molar-refractivity contribution in [3.63, 3.8) is 0 Å². The number of esters is 1. The van der Waals surface area contributed by atoms with E-state index in [9.17, 15) is 18.3 Å². The second-order valence-corrected chi connectivity index (χ2v) is 7.06. The Kier molecular flexibility index (Phi) is 5.94. The first-order valence-electron chi connectivity index (χ1n) is 7.29. The number of carbonyl (C=O) groups excluding carboxylic acids is 1. The van der Waals surface area contributed by atoms with Gasteiger partial charge < -0.3 is 9.84 Å². The largest absolute Gasteiger partial charge is 0.508 e. The molecule has 0 fully saturated rings. The van der Waals surface area contributed by atoms with Gasteiger partial charge in [0.15, 0.2) is 0 Å². The molecule has 0 heterocycles. The van der Waals surface area contributed by atoms with E-state index >= 15 is 0 Å². The third-order valence-corrected chi connectivity index (χ3v) is 4.74. The zero-order valence-electron chi connectivity index (χ0n) is 13.2. The van der Waals surface area contributed by atoms with Crippen LogP contribution in [0, 0.1) is 0 Å². The summed E-state index contributed by atoms with van der Waals surface area (Å²) in [6, 6.07) is 13.9. The van der Waals surface area contributed by atoms with Gasteiger partial charge in [-0.3, -0.25) is 4.79 Å². The monoisotopic (exact) mass is 349 g/mol. The second kappa shape index (κ2) is 7.94. The zero-order chi connectivity index (χ0) is 17.6. The molecule has 0 aliphatic heterocycles. The van der Waals surface area contributed by atoms with Crippen molar-refractivity contribution < 1.29 is 23.1 Å². The van der Waals surface area contributed by atoms with Crippen LogP contribution in [0.2, 0.25) is 0 Å². The number of rotatable bonds is 7. The second-order valence-electron chi connectivity index (χ2n) is 5.31. The summed E-state index contributed by atoms with van der Waals surface area (Å²) in [5, 5.41) is 9.29. The number of methoxy groups -OCH3 is 1. The molecule has 0 aliphatic rings. The molecule has 2 N–H and O–H groups in total. The minimum atomic E-state index is -3.72. The first kappa shape index (κ1) is 18.0. The molecule has 2 aromatic carbocycles. The Morgan fingerprint density at radius 1 is 1.08 bits per heavy atom. The van der Waals surface area contributed by atoms with E-state index in [2.05, 4.69) is 9.46 Å². The highest BCUT2D eigenvalue weighted by molar-refractivity contribution is 7.88. The maximum Gasteiger partial charge on any atom is 0.324 e. The summed E-state index contributed by atoms with van der Waals surface area (Å²) in [6.45, 7) is 0. The van der Waals surface area contributed by atoms with E-state index in [4.69, 9.17) is 0 Å². The minimum absolute atomic E-state index is 0.0954. The molecule has 0 radical (unpaired) electrons. The molecule has 24 heavy (non-hydrogen) atoms. The number of sulfonamides is 1. The van der Waals surface area contributed by atoms with Gasteiger partial charge in [0.2, 0.25) is 10.0 Å². The van der Waals surface area contributed by atoms with Crippen LogP contribution in [-0.4, -0.2) is 32.6 Å². The smallest absolute Gasteiger partial charge is 0.324 e. The van der Waals surface area contributed by atoms with Gasteiger partial charge in [-0.25, -0.2) is 13.1 Å². The normalized spacial score (nSPS) is 12.5. The maximum absolute atomic E-state index is 12.3. The summed E-state index contributed by atoms with van der Waals surface area (Å²) >= 11 is 0. The van der Waals surface area contributed by atoms with E-state index in [0.29, 0.717) is 11.1 Å². The summed E-state index contributed by atoms with van der Waals surface area (Å²) in [5.74, 6) is -0.797. The van der Waals surface area contributed by atoms with Crippen molar-refractivity contribution in [2.45, 2.75) is 18.2 Å². The predicted molar refractivity (Wildman–Crippen MR) is 89.8 cm³/mol. The Bertz CT molecular complexity index is 772. The molecule has 7 heteroatoms. The molecule has 0 bridgehead atoms. The van der Waals surface area contributed by atoms with Crippen LogP contribution in [0.1, 0.15) is 11.1 Å². The predicted octanol–water partition coefficient (Wildman–Crippen LogP) is 1.60. The number of hydrogen-bond donors (Lipinski definition) is 2. The molecule has 1 atom stereocenters. The zero-order valence-corrected chi connectivity index (χ0v) is 14.0. The van der Waals surface area contributed by atoms with Crippen LogP contribution in [0.15, 0.2) is 54.6 Å². The summed E-state index contributed by atoms with van der Waals surface area (Å²) in [5.41, 5.74) is 1.32. The van der Waals surface area contributed by atoms with Gasteiger partial charge in [0.25, 0.3) is 0 Å². The molecule has 0 spiro atoms. The van der Waals surface area contributed by atoms with Gasteiger partial charge in [0, 0.05) is 0 Å². The highest BCUT2D eigenvalue weighted by atomic mass is 32.2. The SMILES string of the molecule is COC(=O)C(Cc1ccc(O)cc1)NS(=O)(=O)Cc1ccccc1. The molecule has 2 aromatic rings. The van der Waals surface area contributed by atoms with E-state index in [1.54, 1.807) is 42.5 Å². The lowest BCUT2D eigenvalue weighted by molar-refractivity contribution is -0.142. The van der Waals surface area contributed by atoms with E-state index < -0.39 is 22.0 Å². The summed E-state index contributed by atoms with van der Waals surface area (Å²) in [4.78, 5) is 11.9. The van der Waals surface area contributed by atoms with Crippen LogP contribution < -0.4 is 4.72 Å². The number of ether oxygens (including phenoxy) is 1. The van der Waals surface area contributed by atoms with Gasteiger partial charge >= 0.3 is 5.97 Å². The molecule has 1 unspecified atom stereocenters. The van der Waals surface area contributed by atoms with Crippen LogP contribution in [0.3, 0.4) is 0 Å². The molecule has 128 valence electrons. The Morgan fingerprint density at radius 3 is 2.29 bits per heavy atom. The van der Waals surface area contributed by atoms with Crippen LogP contribution in [0.5, 0.6) is 5.75 Å². The number of phenolic OH excluding ortho intramolecular Hbond substituents is 1. The van der Waals surface area contributed by atoms with Crippen molar-refractivity contribution in [1.29, 1.82) is 0 Å². The van der Waals surface area contributed by atoms with E-state index in [1.165, 1.54) is 19.2 Å². The summed E-state index contributed by atoms with van der Waals surface area (Å²) in [7, 11) is -2.51. The number of hydrogen-bond acceptors (Lipinski definition) is 5. The Hall–Kier alpha value is -2.38. The number of nitrogens with one attached hydrogen (secondary N) is 1. The summed E-state index contributed by atoms with van der Waals surface area (Å²) < 4.78 is 31.7. The Labute approximate surface area is 141 Å². The quantitative estimate of drug-likeness (QED) is 0.741. The topological polar surface area (TPSA) is 92.7 Å². The standard InChI is InChI=1S/C17H19NO5S/c1-23-17(20)16(11-13-7-9-15(19)10-8-13)18-24(21,22)12-14-5-3-2-4-6-14/h2-10,16,18-19H,11-12H2,1H3. The molecule has 0 aromatic heterocycles. The van der Waals surface area contributed by atoms with Gasteiger partial charge in [0.05, 0.1) is 12.9 Å². The average molecular weight is 349 g/mol. The van der Waals surface area contributed by atoms with Crippen molar-refractivity contribution >= 4 is 16.0 Å². The van der Waals surface area contributed by atoms with E-state index in [-0.39, 0.29) is 17.9 Å². The number of carbonyl (C=O) groups is 1. The van der Waals surface area contributed by atoms with Crippen molar-refractivity contribution in [2.75, 3.05) is 7.11 Å². The number of aromatic hydroxyl groups is 1. The molecule has 6 nitrogen and oxygen atoms in total. The first-order valence-corrected chi connectivity index (χ1v) is 8.94. The third kappa shape index (κ3) is 5.36. The van der Waals surface area contributed by atoms with Gasteiger partial charge in [-0.15, -0.1) is 0 Å². The first-order chi connectivity index (χ1) is 11.4. The van der Waals surface area contributed by atoms with Crippen molar-refractivity contribution in [2.24, 2.45) is 0 Å². The average Bonchev–Trinajstić information content (AvgIpc) is 2.55. The van der Waals surface area contributed by atoms with Gasteiger partial charge in [-0.1, -0.05) is 42.5 Å². The number of phenols is 1. The van der Waals surface area contributed by atoms with Crippen LogP contribution in [-0.2, 0) is 31.7 Å². The van der Waals surface area contributed by atoms with Crippen molar-refractivity contribution in [1.82, 2.24) is 4.72 Å². The molecular weight excluding hydrogens is 330 g/mol. The molecule has 0 saturated heterocycles. The Morgan fingerprint density at radius 2 is 1.71 bits per heavy atom. The highest BCUT2D eigenvalue weighted by Crippen LogP contribution is 2.13. The minimum Gasteiger partial charge on any atom is -0.508 e. The molecular formula is C17H19NO5S. The van der Waals surface area contributed by atoms with Crippen LogP contribution >= 0.6 is 0 Å². The lowest BCUT2D eigenvalue weighted by atomic mass is 10.1. The van der Waals surface area contributed by atoms with Crippen LogP contribution in [0.25, 0.3) is 0 Å². The maximum atomic E-state index is 12.3. The molecule has 2 rings (SSSR count). The van der Waals surface area contributed by atoms with Gasteiger partial charge in [0.1, 0.15) is 11.8 Å². The van der Waals surface area contributed by atoms with Crippen molar-refractivity contribution in [3.8, 4) is 5.75 Å². The fraction of sp³-hybridized carbons (Fsp3) is 0.235. The fourth-order valence-electron chi connectivity index (χ4n) is 2.24. The molecule has 0 aliphatic carbocycles. The number of benzene rings is 2. The fourth-order valence-corrected chi connectivity index (χ4v) is 3.56. The van der Waals surface area contributed by atoms with Gasteiger partial charge in [-0.05, 0) is 29.7 Å². The lowest BCUT2D eigenvalue weighted by Gasteiger charge is -2.17. The lowest BCUT2D eigenvalue weighted by Crippen LogP contribution is -2.43. The van der Waals surface area contributed by atoms with Crippen LogP contribution in [0.4, 0.5) is 0 Å². The van der Waals surface area contributed by atoms with E-state index in [0.717, 1.165) is 0 Å². The molecule has 0 saturated carbocycles. The third-order valence-electron chi connectivity index (χ3n) is 3.38.